The standard InChI is InChI=1S/C34H36N6O2/c1-3-33-13-5-17-39(33)31-25-21(11-15-35-31)19(7-9-23(25)37-33)27-29(41)28(30(27)42)20-8-10-24-26-22(20)12-16-36-32(26)40-18-6-14-34(40,4-2)38-24/h7-12,15-16,27-30,37-38H,3-6,13-14,17-18H2,1-2H3/q-2. The van der Waals surface area contributed by atoms with E-state index in [1.807, 2.05) is 36.7 Å². The van der Waals surface area contributed by atoms with Gasteiger partial charge >= 0.3 is 0 Å². The molecule has 1 saturated carbocycles. The van der Waals surface area contributed by atoms with Crippen molar-refractivity contribution >= 4 is 44.6 Å². The maximum atomic E-state index is 14.1. The Morgan fingerprint density at radius 2 is 1.17 bits per heavy atom. The van der Waals surface area contributed by atoms with Crippen molar-refractivity contribution in [2.75, 3.05) is 33.5 Å². The zero-order valence-corrected chi connectivity index (χ0v) is 24.2. The van der Waals surface area contributed by atoms with E-state index in [2.05, 4.69) is 46.4 Å². The zero-order chi connectivity index (χ0) is 28.4. The number of nitrogens with zero attached hydrogens (tertiary/aromatic N) is 4. The molecule has 1 aliphatic carbocycles. The lowest BCUT2D eigenvalue weighted by molar-refractivity contribution is -0.535. The first-order valence-electron chi connectivity index (χ1n) is 15.8. The maximum absolute atomic E-state index is 14.1. The quantitative estimate of drug-likeness (QED) is 0.379. The van der Waals surface area contributed by atoms with Gasteiger partial charge < -0.3 is 30.6 Å². The molecule has 5 aliphatic rings. The second-order valence-electron chi connectivity index (χ2n) is 13.0. The normalized spacial score (nSPS) is 32.4. The SMILES string of the molecule is CCC12CCCN1c1nccc3c(C4C([O-])C(c5ccc6c7c(nccc57)N5CCCC5(CC)N6)C4[O-])ccc(c13)N2. The van der Waals surface area contributed by atoms with E-state index in [0.29, 0.717) is 0 Å². The minimum absolute atomic E-state index is 0.107. The zero-order valence-electron chi connectivity index (χ0n) is 24.2. The topological polar surface area (TPSA) is 102 Å². The third-order valence-corrected chi connectivity index (χ3v) is 11.4. The van der Waals surface area contributed by atoms with Crippen LogP contribution in [0.3, 0.4) is 0 Å². The lowest BCUT2D eigenvalue weighted by Gasteiger charge is -2.62. The number of nitrogens with one attached hydrogen (secondary N) is 2. The van der Waals surface area contributed by atoms with Crippen LogP contribution in [0.2, 0.25) is 0 Å². The summed E-state index contributed by atoms with van der Waals surface area (Å²) in [5, 5.41) is 40.0. The molecule has 2 unspecified atom stereocenters. The molecule has 216 valence electrons. The van der Waals surface area contributed by atoms with E-state index in [1.54, 1.807) is 0 Å². The first-order chi connectivity index (χ1) is 20.5. The van der Waals surface area contributed by atoms with Gasteiger partial charge in [0.1, 0.15) is 23.0 Å². The summed E-state index contributed by atoms with van der Waals surface area (Å²) in [6, 6.07) is 12.2. The molecule has 3 fully saturated rings. The van der Waals surface area contributed by atoms with Crippen LogP contribution < -0.4 is 30.6 Å². The Morgan fingerprint density at radius 1 is 0.714 bits per heavy atom. The van der Waals surface area contributed by atoms with Crippen molar-refractivity contribution in [1.82, 2.24) is 9.97 Å². The van der Waals surface area contributed by atoms with Crippen LogP contribution in [0.15, 0.2) is 48.8 Å². The van der Waals surface area contributed by atoms with Gasteiger partial charge in [0.25, 0.3) is 0 Å². The van der Waals surface area contributed by atoms with Crippen LogP contribution in [-0.2, 0) is 0 Å². The van der Waals surface area contributed by atoms with E-state index in [9.17, 15) is 10.2 Å². The highest BCUT2D eigenvalue weighted by Gasteiger charge is 2.47. The van der Waals surface area contributed by atoms with Crippen LogP contribution in [0.1, 0.15) is 75.3 Å². The van der Waals surface area contributed by atoms with Gasteiger partial charge in [-0.2, -0.15) is 0 Å². The Labute approximate surface area is 245 Å². The molecule has 2 aromatic heterocycles. The van der Waals surface area contributed by atoms with Crippen LogP contribution in [0.5, 0.6) is 0 Å². The fourth-order valence-corrected chi connectivity index (χ4v) is 9.24. The number of rotatable bonds is 4. The number of hydrogen-bond donors (Lipinski definition) is 2. The molecule has 0 amide bonds. The minimum Gasteiger partial charge on any atom is -0.851 e. The summed E-state index contributed by atoms with van der Waals surface area (Å²) in [5.74, 6) is 0.780. The predicted octanol–water partition coefficient (Wildman–Crippen LogP) is 4.39. The number of aromatic nitrogens is 2. The molecule has 4 aliphatic heterocycles. The van der Waals surface area contributed by atoms with Gasteiger partial charge in [0, 0.05) is 47.6 Å². The smallest absolute Gasteiger partial charge is 0.140 e. The van der Waals surface area contributed by atoms with Gasteiger partial charge in [0.2, 0.25) is 0 Å². The van der Waals surface area contributed by atoms with Gasteiger partial charge in [-0.15, -0.1) is 12.2 Å². The van der Waals surface area contributed by atoms with Crippen molar-refractivity contribution in [3.63, 3.8) is 0 Å². The number of benzene rings is 2. The van der Waals surface area contributed by atoms with Gasteiger partial charge in [-0.1, -0.05) is 26.0 Å². The highest BCUT2D eigenvalue weighted by molar-refractivity contribution is 6.07. The molecule has 0 bridgehead atoms. The molecule has 2 aromatic carbocycles. The summed E-state index contributed by atoms with van der Waals surface area (Å²) < 4.78 is 0. The van der Waals surface area contributed by atoms with Crippen molar-refractivity contribution in [2.45, 2.75) is 87.7 Å². The molecule has 9 rings (SSSR count). The van der Waals surface area contributed by atoms with Crippen LogP contribution in [0.4, 0.5) is 23.0 Å². The molecular formula is C34H36N6O2-2. The molecule has 4 aromatic rings. The van der Waals surface area contributed by atoms with E-state index in [-0.39, 0.29) is 11.3 Å². The third-order valence-electron chi connectivity index (χ3n) is 11.4. The van der Waals surface area contributed by atoms with Crippen molar-refractivity contribution in [1.29, 1.82) is 0 Å². The third kappa shape index (κ3) is 2.94. The molecule has 2 atom stereocenters. The summed E-state index contributed by atoms with van der Waals surface area (Å²) in [6.45, 7) is 6.37. The summed E-state index contributed by atoms with van der Waals surface area (Å²) >= 11 is 0. The van der Waals surface area contributed by atoms with E-state index in [1.165, 1.54) is 0 Å². The predicted molar refractivity (Wildman–Crippen MR) is 163 cm³/mol. The van der Waals surface area contributed by atoms with E-state index < -0.39 is 24.0 Å². The van der Waals surface area contributed by atoms with Gasteiger partial charge in [-0.3, -0.25) is 0 Å². The molecule has 0 spiro atoms. The lowest BCUT2D eigenvalue weighted by atomic mass is 9.62. The lowest BCUT2D eigenvalue weighted by Crippen LogP contribution is -2.63. The maximum Gasteiger partial charge on any atom is 0.140 e. The highest BCUT2D eigenvalue weighted by Crippen LogP contribution is 2.54. The summed E-state index contributed by atoms with van der Waals surface area (Å²) in [4.78, 5) is 14.5. The fraction of sp³-hybridized carbons (Fsp3) is 0.471. The Hall–Kier alpha value is -3.62. The Balaban J connectivity index is 1.11. The molecule has 8 nitrogen and oxygen atoms in total. The summed E-state index contributed by atoms with van der Waals surface area (Å²) in [7, 11) is 0. The van der Waals surface area contributed by atoms with Crippen molar-refractivity contribution in [2.24, 2.45) is 0 Å². The molecule has 2 saturated heterocycles. The largest absolute Gasteiger partial charge is 0.851 e. The average molecular weight is 561 g/mol. The van der Waals surface area contributed by atoms with Crippen molar-refractivity contribution in [3.05, 3.63) is 59.9 Å². The minimum atomic E-state index is -1.02. The van der Waals surface area contributed by atoms with Crippen LogP contribution in [-0.4, -0.2) is 46.6 Å². The first-order valence-corrected chi connectivity index (χ1v) is 15.8. The summed E-state index contributed by atoms with van der Waals surface area (Å²) in [5.41, 5.74) is 3.65. The second kappa shape index (κ2) is 8.48. The molecule has 8 heteroatoms. The average Bonchev–Trinajstić information content (AvgIpc) is 3.65. The first kappa shape index (κ1) is 24.9. The number of fused-ring (bicyclic) bond motifs is 4. The van der Waals surface area contributed by atoms with E-state index in [0.717, 1.165) is 107 Å². The Morgan fingerprint density at radius 3 is 1.60 bits per heavy atom. The second-order valence-corrected chi connectivity index (χ2v) is 13.0. The van der Waals surface area contributed by atoms with Crippen LogP contribution in [0.25, 0.3) is 21.5 Å². The summed E-state index contributed by atoms with van der Waals surface area (Å²) in [6.07, 6.45) is 8.04. The fourth-order valence-electron chi connectivity index (χ4n) is 9.24. The Kier molecular flexibility index (Phi) is 5.03. The molecular weight excluding hydrogens is 524 g/mol. The van der Waals surface area contributed by atoms with Crippen molar-refractivity contribution < 1.29 is 10.2 Å². The highest BCUT2D eigenvalue weighted by atomic mass is 16.3. The molecule has 0 radical (unpaired) electrons. The monoisotopic (exact) mass is 560 g/mol. The molecule has 42 heavy (non-hydrogen) atoms. The van der Waals surface area contributed by atoms with Gasteiger partial charge in [0.05, 0.1) is 0 Å². The number of pyridine rings is 2. The van der Waals surface area contributed by atoms with Crippen LogP contribution >= 0.6 is 0 Å². The molecule has 2 N–H and O–H groups in total. The van der Waals surface area contributed by atoms with Gasteiger partial charge in [-0.25, -0.2) is 9.97 Å². The van der Waals surface area contributed by atoms with Crippen LogP contribution in [0, 0.1) is 0 Å². The number of anilines is 4. The molecule has 6 heterocycles. The van der Waals surface area contributed by atoms with Gasteiger partial charge in [-0.05, 0) is 96.5 Å². The van der Waals surface area contributed by atoms with Gasteiger partial charge in [0.15, 0.2) is 0 Å². The van der Waals surface area contributed by atoms with E-state index in [4.69, 9.17) is 9.97 Å². The number of hydrogen-bond acceptors (Lipinski definition) is 8. The van der Waals surface area contributed by atoms with E-state index >= 15 is 0 Å². The van der Waals surface area contributed by atoms with Crippen molar-refractivity contribution in [3.8, 4) is 0 Å². The Bertz CT molecular complexity index is 1640.